The number of Topliss-reactive ketones (excluding diaryl/α,β-unsaturated/α-hetero) is 1. The molecule has 0 unspecified atom stereocenters. The molecule has 0 aliphatic rings. The Hall–Kier alpha value is -3.91. The molecule has 3 heterocycles. The Morgan fingerprint density at radius 3 is 2.34 bits per heavy atom. The number of nitrogens with one attached hydrogen (secondary N) is 1. The van der Waals surface area contributed by atoms with Gasteiger partial charge in [-0.15, -0.1) is 11.3 Å². The number of carbonyl (C=O) groups excluding carboxylic acids is 2. The third-order valence-electron chi connectivity index (χ3n) is 6.71. The quantitative estimate of drug-likeness (QED) is 0.206. The summed E-state index contributed by atoms with van der Waals surface area (Å²) >= 11 is 1.55. The van der Waals surface area contributed by atoms with Gasteiger partial charge >= 0.3 is 0 Å². The first kappa shape index (κ1) is 27.1. The van der Waals surface area contributed by atoms with Crippen LogP contribution >= 0.6 is 11.3 Å². The van der Waals surface area contributed by atoms with Crippen LogP contribution in [-0.4, -0.2) is 48.4 Å². The van der Waals surface area contributed by atoms with Crippen LogP contribution in [-0.2, 0) is 11.8 Å². The molecule has 1 amide bonds. The molecule has 4 aromatic rings. The van der Waals surface area contributed by atoms with Gasteiger partial charge in [-0.05, 0) is 86.7 Å². The fourth-order valence-electron chi connectivity index (χ4n) is 4.52. The number of anilines is 3. The molecule has 8 heteroatoms. The van der Waals surface area contributed by atoms with Crippen LogP contribution in [0.1, 0.15) is 33.9 Å². The fraction of sp³-hybridized carbons (Fsp3) is 0.300. The maximum atomic E-state index is 13.1. The van der Waals surface area contributed by atoms with Crippen molar-refractivity contribution in [1.82, 2.24) is 9.55 Å². The van der Waals surface area contributed by atoms with Crippen molar-refractivity contribution in [3.63, 3.8) is 0 Å². The lowest BCUT2D eigenvalue weighted by Crippen LogP contribution is -2.26. The van der Waals surface area contributed by atoms with Crippen molar-refractivity contribution in [3.05, 3.63) is 82.6 Å². The molecule has 0 saturated heterocycles. The van der Waals surface area contributed by atoms with Gasteiger partial charge in [-0.2, -0.15) is 0 Å². The predicted octanol–water partition coefficient (Wildman–Crippen LogP) is 5.86. The number of thiophene rings is 1. The van der Waals surface area contributed by atoms with Gasteiger partial charge in [0.1, 0.15) is 11.5 Å². The van der Waals surface area contributed by atoms with Gasteiger partial charge in [-0.3, -0.25) is 9.59 Å². The molecule has 0 aliphatic carbocycles. The molecule has 0 radical (unpaired) electrons. The molecule has 4 rings (SSSR count). The summed E-state index contributed by atoms with van der Waals surface area (Å²) in [5, 5.41) is 4.73. The van der Waals surface area contributed by atoms with E-state index >= 15 is 0 Å². The molecular formula is C30H35N5O2S. The van der Waals surface area contributed by atoms with Gasteiger partial charge in [0.05, 0.1) is 0 Å². The molecule has 0 spiro atoms. The molecule has 198 valence electrons. The topological polar surface area (TPSA) is 70.5 Å². The number of pyridine rings is 1. The number of carbonyl (C=O) groups is 2. The number of hydrogen-bond donors (Lipinski definition) is 1. The van der Waals surface area contributed by atoms with E-state index in [1.807, 2.05) is 68.7 Å². The lowest BCUT2D eigenvalue weighted by atomic mass is 10.1. The van der Waals surface area contributed by atoms with Crippen LogP contribution < -0.4 is 15.1 Å². The van der Waals surface area contributed by atoms with Gasteiger partial charge in [0.2, 0.25) is 0 Å². The maximum Gasteiger partial charge on any atom is 0.298 e. The number of aromatic nitrogens is 2. The van der Waals surface area contributed by atoms with E-state index in [-0.39, 0.29) is 0 Å². The number of nitrogens with zero attached hydrogens (tertiary/aromatic N) is 4. The number of amides is 1. The monoisotopic (exact) mass is 529 g/mol. The standard InChI is InChI=1S/C30H35N5O2S/c1-20-17-21(2)31-27(18-20)34(5)15-8-14-33(4)24-12-10-23(11-13-24)32-30(37)29(36)28-25(19-22(3)35(28)6)26-9-7-16-38-26/h7,9-13,16-19H,8,14-15H2,1-6H3,(H,32,37). The zero-order chi connectivity index (χ0) is 27.4. The van der Waals surface area contributed by atoms with Crippen molar-refractivity contribution >= 4 is 40.2 Å². The van der Waals surface area contributed by atoms with Crippen molar-refractivity contribution in [3.8, 4) is 10.4 Å². The SMILES string of the molecule is Cc1cc(C)nc(N(C)CCCN(C)c2ccc(NC(=O)C(=O)c3c(-c4cccs4)cc(C)n3C)cc2)c1. The van der Waals surface area contributed by atoms with Crippen LogP contribution in [0.25, 0.3) is 10.4 Å². The van der Waals surface area contributed by atoms with Crippen LogP contribution in [0.2, 0.25) is 0 Å². The first-order chi connectivity index (χ1) is 18.1. The summed E-state index contributed by atoms with van der Waals surface area (Å²) in [5.41, 5.74) is 5.99. The lowest BCUT2D eigenvalue weighted by Gasteiger charge is -2.23. The van der Waals surface area contributed by atoms with Crippen LogP contribution in [0.4, 0.5) is 17.2 Å². The number of hydrogen-bond acceptors (Lipinski definition) is 6. The highest BCUT2D eigenvalue weighted by atomic mass is 32.1. The van der Waals surface area contributed by atoms with Crippen molar-refractivity contribution in [2.24, 2.45) is 7.05 Å². The Morgan fingerprint density at radius 1 is 0.974 bits per heavy atom. The zero-order valence-electron chi connectivity index (χ0n) is 22.9. The van der Waals surface area contributed by atoms with E-state index in [4.69, 9.17) is 0 Å². The molecule has 1 aromatic carbocycles. The Balaban J connectivity index is 1.34. The minimum Gasteiger partial charge on any atom is -0.375 e. The first-order valence-electron chi connectivity index (χ1n) is 12.7. The first-order valence-corrected chi connectivity index (χ1v) is 13.6. The van der Waals surface area contributed by atoms with E-state index in [0.29, 0.717) is 11.4 Å². The second kappa shape index (κ2) is 11.6. The smallest absolute Gasteiger partial charge is 0.298 e. The van der Waals surface area contributed by atoms with Crippen molar-refractivity contribution in [2.45, 2.75) is 27.2 Å². The minimum absolute atomic E-state index is 0.403. The fourth-order valence-corrected chi connectivity index (χ4v) is 5.27. The summed E-state index contributed by atoms with van der Waals surface area (Å²) < 4.78 is 1.78. The third kappa shape index (κ3) is 6.14. The number of benzene rings is 1. The minimum atomic E-state index is -0.645. The number of aryl methyl sites for hydroxylation is 3. The highest BCUT2D eigenvalue weighted by molar-refractivity contribution is 7.13. The van der Waals surface area contributed by atoms with Gasteiger partial charge in [0.15, 0.2) is 0 Å². The van der Waals surface area contributed by atoms with Crippen LogP contribution in [0.5, 0.6) is 0 Å². The summed E-state index contributed by atoms with van der Waals surface area (Å²) in [6.45, 7) is 7.80. The highest BCUT2D eigenvalue weighted by Crippen LogP contribution is 2.31. The van der Waals surface area contributed by atoms with Crippen molar-refractivity contribution in [1.29, 1.82) is 0 Å². The molecule has 1 N–H and O–H groups in total. The van der Waals surface area contributed by atoms with E-state index in [2.05, 4.69) is 53.3 Å². The van der Waals surface area contributed by atoms with E-state index in [0.717, 1.165) is 52.8 Å². The molecule has 0 aliphatic heterocycles. The second-order valence-electron chi connectivity index (χ2n) is 9.76. The predicted molar refractivity (Wildman–Crippen MR) is 158 cm³/mol. The average Bonchev–Trinajstić information content (AvgIpc) is 3.51. The van der Waals surface area contributed by atoms with E-state index in [9.17, 15) is 9.59 Å². The summed E-state index contributed by atoms with van der Waals surface area (Å²) in [6.07, 6.45) is 0.970. The van der Waals surface area contributed by atoms with E-state index < -0.39 is 11.7 Å². The van der Waals surface area contributed by atoms with Crippen LogP contribution in [0.3, 0.4) is 0 Å². The van der Waals surface area contributed by atoms with Gasteiger partial charge in [0.25, 0.3) is 11.7 Å². The number of rotatable bonds is 10. The zero-order valence-corrected chi connectivity index (χ0v) is 23.7. The Labute approximate surface area is 228 Å². The molecule has 3 aromatic heterocycles. The van der Waals surface area contributed by atoms with Crippen molar-refractivity contribution in [2.75, 3.05) is 42.3 Å². The molecule has 0 fully saturated rings. The third-order valence-corrected chi connectivity index (χ3v) is 7.61. The highest BCUT2D eigenvalue weighted by Gasteiger charge is 2.25. The summed E-state index contributed by atoms with van der Waals surface area (Å²) in [6, 6.07) is 17.6. The summed E-state index contributed by atoms with van der Waals surface area (Å²) in [7, 11) is 5.93. The largest absolute Gasteiger partial charge is 0.375 e. The van der Waals surface area contributed by atoms with Crippen LogP contribution in [0.15, 0.2) is 60.0 Å². The van der Waals surface area contributed by atoms with Crippen LogP contribution in [0, 0.1) is 20.8 Å². The maximum absolute atomic E-state index is 13.1. The summed E-state index contributed by atoms with van der Waals surface area (Å²) in [4.78, 5) is 36.0. The Morgan fingerprint density at radius 2 is 1.68 bits per heavy atom. The van der Waals surface area contributed by atoms with E-state index in [1.165, 1.54) is 5.56 Å². The van der Waals surface area contributed by atoms with Gasteiger partial charge in [0, 0.05) is 67.4 Å². The van der Waals surface area contributed by atoms with Gasteiger partial charge in [-0.25, -0.2) is 4.98 Å². The molecule has 0 bridgehead atoms. The van der Waals surface area contributed by atoms with Crippen molar-refractivity contribution < 1.29 is 9.59 Å². The molecule has 7 nitrogen and oxygen atoms in total. The average molecular weight is 530 g/mol. The summed E-state index contributed by atoms with van der Waals surface area (Å²) in [5.74, 6) is -0.200. The Kier molecular flexibility index (Phi) is 8.32. The Bertz CT molecular complexity index is 1400. The molecule has 38 heavy (non-hydrogen) atoms. The molecule has 0 atom stereocenters. The van der Waals surface area contributed by atoms with E-state index in [1.54, 1.807) is 15.9 Å². The van der Waals surface area contributed by atoms with Gasteiger partial charge < -0.3 is 19.7 Å². The molecule has 0 saturated carbocycles. The van der Waals surface area contributed by atoms with Gasteiger partial charge in [-0.1, -0.05) is 6.07 Å². The normalized spacial score (nSPS) is 10.9. The molecular weight excluding hydrogens is 494 g/mol. The number of ketones is 1. The second-order valence-corrected chi connectivity index (χ2v) is 10.7. The lowest BCUT2D eigenvalue weighted by molar-refractivity contribution is -0.112.